The van der Waals surface area contributed by atoms with Gasteiger partial charge in [-0.2, -0.15) is 18.4 Å². The molecule has 0 spiro atoms. The van der Waals surface area contributed by atoms with E-state index in [9.17, 15) is 18.0 Å². The smallest absolute Gasteiger partial charge is 0.389 e. The predicted octanol–water partition coefficient (Wildman–Crippen LogP) is 7.96. The van der Waals surface area contributed by atoms with Crippen molar-refractivity contribution >= 4 is 12.0 Å². The number of halogens is 3. The fraction of sp³-hybridized carbons (Fsp3) is 0.312. The van der Waals surface area contributed by atoms with Crippen LogP contribution < -0.4 is 4.74 Å². The van der Waals surface area contributed by atoms with E-state index in [1.165, 1.54) is 7.11 Å². The molecule has 0 aliphatic heterocycles. The molecule has 3 rings (SSSR count). The van der Waals surface area contributed by atoms with E-state index in [1.54, 1.807) is 12.1 Å². The Balaban J connectivity index is 1.70. The number of aryl methyl sites for hydroxylation is 1. The van der Waals surface area contributed by atoms with Crippen LogP contribution in [0.4, 0.5) is 13.2 Å². The molecule has 0 saturated heterocycles. The lowest BCUT2D eigenvalue weighted by atomic mass is 9.91. The van der Waals surface area contributed by atoms with E-state index >= 15 is 0 Å². The monoisotopic (exact) mass is 535 g/mol. The molecule has 0 radical (unpaired) electrons. The lowest BCUT2D eigenvalue weighted by Crippen LogP contribution is -2.08. The second kappa shape index (κ2) is 14.8. The molecule has 204 valence electrons. The average molecular weight is 536 g/mol. The van der Waals surface area contributed by atoms with Crippen molar-refractivity contribution < 1.29 is 27.4 Å². The van der Waals surface area contributed by atoms with E-state index in [0.29, 0.717) is 23.3 Å². The van der Waals surface area contributed by atoms with Gasteiger partial charge >= 0.3 is 12.1 Å². The van der Waals surface area contributed by atoms with E-state index in [4.69, 9.17) is 14.7 Å². The highest BCUT2D eigenvalue weighted by Crippen LogP contribution is 2.25. The lowest BCUT2D eigenvalue weighted by molar-refractivity contribution is -0.135. The molecule has 0 saturated carbocycles. The molecule has 1 unspecified atom stereocenters. The number of hydrogen-bond acceptors (Lipinski definition) is 4. The minimum atomic E-state index is -4.15. The molecule has 0 fully saturated rings. The van der Waals surface area contributed by atoms with Gasteiger partial charge in [0.25, 0.3) is 0 Å². The summed E-state index contributed by atoms with van der Waals surface area (Å²) in [6.07, 6.45) is 1.95. The summed E-state index contributed by atoms with van der Waals surface area (Å²) in [4.78, 5) is 11.8. The second-order valence-electron chi connectivity index (χ2n) is 9.32. The molecule has 0 aliphatic rings. The van der Waals surface area contributed by atoms with Crippen LogP contribution in [0.15, 0.2) is 78.9 Å². The number of alkyl halides is 3. The van der Waals surface area contributed by atoms with Crippen LogP contribution in [-0.4, -0.2) is 25.9 Å². The molecule has 4 nitrogen and oxygen atoms in total. The Kier molecular flexibility index (Phi) is 11.2. The van der Waals surface area contributed by atoms with Crippen LogP contribution in [0.25, 0.3) is 6.08 Å². The summed E-state index contributed by atoms with van der Waals surface area (Å²) in [5, 5.41) is 9.05. The number of allylic oxidation sites excluding steroid dienone is 1. The maximum atomic E-state index is 12.4. The summed E-state index contributed by atoms with van der Waals surface area (Å²) in [5.41, 5.74) is 4.18. The quantitative estimate of drug-likeness (QED) is 0.165. The number of esters is 1. The number of benzene rings is 3. The van der Waals surface area contributed by atoms with Crippen molar-refractivity contribution in [2.75, 3.05) is 13.7 Å². The zero-order chi connectivity index (χ0) is 28.1. The van der Waals surface area contributed by atoms with Crippen LogP contribution in [0.3, 0.4) is 0 Å². The van der Waals surface area contributed by atoms with Gasteiger partial charge < -0.3 is 9.47 Å². The molecule has 7 heteroatoms. The fourth-order valence-electron chi connectivity index (χ4n) is 4.16. The summed E-state index contributed by atoms with van der Waals surface area (Å²) in [6.45, 7) is 0.218. The molecule has 0 aromatic heterocycles. The van der Waals surface area contributed by atoms with Crippen molar-refractivity contribution in [3.05, 3.63) is 107 Å². The zero-order valence-corrected chi connectivity index (χ0v) is 21.9. The number of unbranched alkanes of at least 4 members (excludes halogenated alkanes) is 1. The van der Waals surface area contributed by atoms with Gasteiger partial charge in [-0.3, -0.25) is 0 Å². The number of carbonyl (C=O) groups is 1. The largest absolute Gasteiger partial charge is 0.493 e. The van der Waals surface area contributed by atoms with Gasteiger partial charge in [0.2, 0.25) is 0 Å². The van der Waals surface area contributed by atoms with Crippen LogP contribution in [0.2, 0.25) is 0 Å². The van der Waals surface area contributed by atoms with E-state index in [1.807, 2.05) is 66.7 Å². The number of methoxy groups -OCH3 is 1. The Labute approximate surface area is 227 Å². The van der Waals surface area contributed by atoms with Crippen molar-refractivity contribution in [1.29, 1.82) is 5.26 Å². The minimum absolute atomic E-state index is 0.0354. The first-order chi connectivity index (χ1) is 18.8. The number of ether oxygens (including phenoxy) is 2. The first kappa shape index (κ1) is 29.5. The van der Waals surface area contributed by atoms with Crippen LogP contribution in [0.1, 0.15) is 58.3 Å². The SMILES string of the molecule is COC(=O)c1ccc(CC(/C=C/c2ccccc2OCCCCC(F)(F)F)CCc2ccc(C#N)cc2)cc1. The standard InChI is InChI=1S/C32H32F3NO3/c1-38-31(37)29-18-15-26(16-19-29)22-25(11-8-24-9-12-27(23-36)13-10-24)14-17-28-6-2-3-7-30(28)39-21-5-4-20-32(33,34)35/h2-3,6-7,9-10,12-19,25H,4-5,8,11,20-22H2,1H3/b17-14+. The third kappa shape index (κ3) is 10.3. The van der Waals surface area contributed by atoms with E-state index in [0.717, 1.165) is 36.0 Å². The zero-order valence-electron chi connectivity index (χ0n) is 21.9. The van der Waals surface area contributed by atoms with Gasteiger partial charge in [-0.05, 0) is 79.5 Å². The van der Waals surface area contributed by atoms with Crippen molar-refractivity contribution in [2.45, 2.75) is 44.7 Å². The summed E-state index contributed by atoms with van der Waals surface area (Å²) in [7, 11) is 1.35. The Bertz CT molecular complexity index is 1260. The summed E-state index contributed by atoms with van der Waals surface area (Å²) in [6, 6.07) is 24.5. The van der Waals surface area contributed by atoms with Gasteiger partial charge in [0, 0.05) is 12.0 Å². The van der Waals surface area contributed by atoms with Crippen molar-refractivity contribution in [1.82, 2.24) is 0 Å². The number of rotatable bonds is 13. The van der Waals surface area contributed by atoms with E-state index < -0.39 is 12.6 Å². The van der Waals surface area contributed by atoms with Crippen LogP contribution in [-0.2, 0) is 17.6 Å². The lowest BCUT2D eigenvalue weighted by Gasteiger charge is -2.15. The number of para-hydroxylation sites is 1. The first-order valence-electron chi connectivity index (χ1n) is 12.9. The first-order valence-corrected chi connectivity index (χ1v) is 12.9. The topological polar surface area (TPSA) is 59.3 Å². The summed E-state index contributed by atoms with van der Waals surface area (Å²) in [5.74, 6) is 0.410. The minimum Gasteiger partial charge on any atom is -0.493 e. The van der Waals surface area contributed by atoms with Gasteiger partial charge in [0.05, 0.1) is 30.9 Å². The molecule has 0 amide bonds. The second-order valence-corrected chi connectivity index (χ2v) is 9.32. The number of hydrogen-bond donors (Lipinski definition) is 0. The molecule has 0 heterocycles. The van der Waals surface area contributed by atoms with Crippen LogP contribution in [0.5, 0.6) is 5.75 Å². The molecule has 39 heavy (non-hydrogen) atoms. The van der Waals surface area contributed by atoms with Crippen molar-refractivity contribution in [3.63, 3.8) is 0 Å². The highest BCUT2D eigenvalue weighted by molar-refractivity contribution is 5.89. The molecule has 3 aromatic carbocycles. The molecular formula is C32H32F3NO3. The molecule has 0 aliphatic carbocycles. The Morgan fingerprint density at radius 2 is 1.67 bits per heavy atom. The average Bonchev–Trinajstić information content (AvgIpc) is 2.94. The Hall–Kier alpha value is -4.05. The third-order valence-corrected chi connectivity index (χ3v) is 6.34. The van der Waals surface area contributed by atoms with E-state index in [2.05, 4.69) is 12.1 Å². The van der Waals surface area contributed by atoms with Gasteiger partial charge in [-0.15, -0.1) is 0 Å². The van der Waals surface area contributed by atoms with Crippen LogP contribution >= 0.6 is 0 Å². The normalized spacial score (nSPS) is 12.2. The summed E-state index contributed by atoms with van der Waals surface area (Å²) < 4.78 is 47.8. The molecule has 3 aromatic rings. The van der Waals surface area contributed by atoms with Gasteiger partial charge in [0.15, 0.2) is 0 Å². The highest BCUT2D eigenvalue weighted by atomic mass is 19.4. The fourth-order valence-corrected chi connectivity index (χ4v) is 4.16. The maximum Gasteiger partial charge on any atom is 0.389 e. The number of carbonyl (C=O) groups excluding carboxylic acids is 1. The Morgan fingerprint density at radius 1 is 0.974 bits per heavy atom. The third-order valence-electron chi connectivity index (χ3n) is 6.34. The summed E-state index contributed by atoms with van der Waals surface area (Å²) >= 11 is 0. The number of nitrogens with zero attached hydrogens (tertiary/aromatic N) is 1. The molecular weight excluding hydrogens is 503 g/mol. The Morgan fingerprint density at radius 3 is 2.33 bits per heavy atom. The van der Waals surface area contributed by atoms with Gasteiger partial charge in [-0.1, -0.05) is 54.6 Å². The van der Waals surface area contributed by atoms with Gasteiger partial charge in [-0.25, -0.2) is 4.79 Å². The molecule has 1 atom stereocenters. The molecule has 0 bridgehead atoms. The van der Waals surface area contributed by atoms with Crippen molar-refractivity contribution in [2.24, 2.45) is 5.92 Å². The maximum absolute atomic E-state index is 12.4. The van der Waals surface area contributed by atoms with Crippen LogP contribution in [0, 0.1) is 17.2 Å². The van der Waals surface area contributed by atoms with Crippen molar-refractivity contribution in [3.8, 4) is 11.8 Å². The number of nitriles is 1. The van der Waals surface area contributed by atoms with E-state index in [-0.39, 0.29) is 24.9 Å². The predicted molar refractivity (Wildman–Crippen MR) is 145 cm³/mol. The molecule has 0 N–H and O–H groups in total. The van der Waals surface area contributed by atoms with Gasteiger partial charge in [0.1, 0.15) is 5.75 Å². The highest BCUT2D eigenvalue weighted by Gasteiger charge is 2.25.